The van der Waals surface area contributed by atoms with Crippen molar-refractivity contribution in [2.45, 2.75) is 0 Å². The van der Waals surface area contributed by atoms with Crippen molar-refractivity contribution >= 4 is 38.6 Å². The third-order valence-electron chi connectivity index (χ3n) is 1.26. The van der Waals surface area contributed by atoms with E-state index >= 15 is 0 Å². The minimum atomic E-state index is -2.91. The van der Waals surface area contributed by atoms with Crippen molar-refractivity contribution in [3.05, 3.63) is 9.85 Å². The summed E-state index contributed by atoms with van der Waals surface area (Å²) < 4.78 is 21.9. The summed E-state index contributed by atoms with van der Waals surface area (Å²) in [7, 11) is -2.91. The van der Waals surface area contributed by atoms with E-state index in [-0.39, 0.29) is 5.75 Å². The highest BCUT2D eigenvalue weighted by atomic mass is 35.5. The van der Waals surface area contributed by atoms with Gasteiger partial charge < -0.3 is 5.32 Å². The SMILES string of the molecule is CS(=O)(=O)CCNc1csc(Cl)n1. The Morgan fingerprint density at radius 3 is 2.85 bits per heavy atom. The maximum absolute atomic E-state index is 10.7. The first-order chi connectivity index (χ1) is 5.97. The van der Waals surface area contributed by atoms with E-state index in [2.05, 4.69) is 10.3 Å². The van der Waals surface area contributed by atoms with Crippen molar-refractivity contribution in [2.24, 2.45) is 0 Å². The van der Waals surface area contributed by atoms with E-state index in [4.69, 9.17) is 11.6 Å². The van der Waals surface area contributed by atoms with Crippen LogP contribution < -0.4 is 5.32 Å². The summed E-state index contributed by atoms with van der Waals surface area (Å²) in [5, 5.41) is 4.60. The number of sulfone groups is 1. The molecule has 1 N–H and O–H groups in total. The van der Waals surface area contributed by atoms with Gasteiger partial charge in [-0.15, -0.1) is 11.3 Å². The number of nitrogens with zero attached hydrogens (tertiary/aromatic N) is 1. The fourth-order valence-corrected chi connectivity index (χ4v) is 1.89. The largest absolute Gasteiger partial charge is 0.368 e. The van der Waals surface area contributed by atoms with Crippen molar-refractivity contribution in [1.82, 2.24) is 4.98 Å². The second kappa shape index (κ2) is 4.26. The van der Waals surface area contributed by atoms with Crippen LogP contribution in [-0.4, -0.2) is 32.0 Å². The van der Waals surface area contributed by atoms with E-state index in [1.54, 1.807) is 5.38 Å². The third-order valence-corrected chi connectivity index (χ3v) is 3.18. The van der Waals surface area contributed by atoms with Gasteiger partial charge in [0, 0.05) is 18.2 Å². The zero-order chi connectivity index (χ0) is 9.90. The van der Waals surface area contributed by atoms with Gasteiger partial charge in [-0.1, -0.05) is 11.6 Å². The number of anilines is 1. The topological polar surface area (TPSA) is 59.1 Å². The second-order valence-corrected chi connectivity index (χ2v) is 6.24. The molecule has 1 rings (SSSR count). The van der Waals surface area contributed by atoms with Crippen molar-refractivity contribution in [3.63, 3.8) is 0 Å². The monoisotopic (exact) mass is 240 g/mol. The normalized spacial score (nSPS) is 11.5. The minimum Gasteiger partial charge on any atom is -0.368 e. The molecule has 0 amide bonds. The van der Waals surface area contributed by atoms with Crippen LogP contribution >= 0.6 is 22.9 Å². The Morgan fingerprint density at radius 1 is 1.69 bits per heavy atom. The predicted octanol–water partition coefficient (Wildman–Crippen LogP) is 1.25. The molecule has 0 fully saturated rings. The fourth-order valence-electron chi connectivity index (χ4n) is 0.698. The molecule has 0 aliphatic heterocycles. The van der Waals surface area contributed by atoms with Crippen LogP contribution in [0.15, 0.2) is 5.38 Å². The van der Waals surface area contributed by atoms with Gasteiger partial charge in [0.15, 0.2) is 4.47 Å². The highest BCUT2D eigenvalue weighted by Crippen LogP contribution is 2.18. The predicted molar refractivity (Wildman–Crippen MR) is 55.3 cm³/mol. The molecule has 0 unspecified atom stereocenters. The lowest BCUT2D eigenvalue weighted by atomic mass is 10.7. The van der Waals surface area contributed by atoms with Gasteiger partial charge in [0.05, 0.1) is 5.75 Å². The number of hydrogen-bond acceptors (Lipinski definition) is 5. The maximum atomic E-state index is 10.7. The average Bonchev–Trinajstić information content (AvgIpc) is 2.33. The van der Waals surface area contributed by atoms with E-state index < -0.39 is 9.84 Å². The molecular formula is C6H9ClN2O2S2. The van der Waals surface area contributed by atoms with E-state index in [0.29, 0.717) is 16.8 Å². The minimum absolute atomic E-state index is 0.0994. The Bertz CT molecular complexity index is 374. The van der Waals surface area contributed by atoms with Gasteiger partial charge in [0.25, 0.3) is 0 Å². The van der Waals surface area contributed by atoms with E-state index in [1.807, 2.05) is 0 Å². The van der Waals surface area contributed by atoms with Crippen LogP contribution in [0.4, 0.5) is 5.82 Å². The number of halogens is 1. The molecule has 4 nitrogen and oxygen atoms in total. The molecule has 0 aliphatic carbocycles. The molecule has 0 spiro atoms. The fraction of sp³-hybridized carbons (Fsp3) is 0.500. The van der Waals surface area contributed by atoms with Crippen LogP contribution in [0, 0.1) is 0 Å². The molecule has 0 saturated carbocycles. The van der Waals surface area contributed by atoms with Gasteiger partial charge in [-0.05, 0) is 0 Å². The molecule has 0 atom stereocenters. The third kappa shape index (κ3) is 4.44. The van der Waals surface area contributed by atoms with Gasteiger partial charge in [0.2, 0.25) is 0 Å². The summed E-state index contributed by atoms with van der Waals surface area (Å²) in [6, 6.07) is 0. The first-order valence-electron chi connectivity index (χ1n) is 3.50. The van der Waals surface area contributed by atoms with Gasteiger partial charge in [0.1, 0.15) is 15.7 Å². The highest BCUT2D eigenvalue weighted by Gasteiger charge is 2.02. The molecule has 0 radical (unpaired) electrons. The van der Waals surface area contributed by atoms with Crippen LogP contribution in [0.1, 0.15) is 0 Å². The number of rotatable bonds is 4. The summed E-state index contributed by atoms with van der Waals surface area (Å²) in [5.41, 5.74) is 0. The standard InChI is InChI=1S/C6H9ClN2O2S2/c1-13(10,11)3-2-8-5-4-12-6(7)9-5/h4,8H,2-3H2,1H3. The Hall–Kier alpha value is -0.330. The molecule has 1 aromatic heterocycles. The molecule has 13 heavy (non-hydrogen) atoms. The summed E-state index contributed by atoms with van der Waals surface area (Å²) in [6.45, 7) is 0.360. The maximum Gasteiger partial charge on any atom is 0.185 e. The van der Waals surface area contributed by atoms with Crippen LogP contribution in [0.2, 0.25) is 4.47 Å². The van der Waals surface area contributed by atoms with E-state index in [1.165, 1.54) is 17.6 Å². The highest BCUT2D eigenvalue weighted by molar-refractivity contribution is 7.90. The molecule has 1 aromatic rings. The molecule has 74 valence electrons. The molecule has 1 heterocycles. The van der Waals surface area contributed by atoms with Crippen LogP contribution in [0.25, 0.3) is 0 Å². The van der Waals surface area contributed by atoms with Crippen molar-refractivity contribution in [2.75, 3.05) is 23.9 Å². The Labute approximate surface area is 85.9 Å². The summed E-state index contributed by atoms with van der Waals surface area (Å²) >= 11 is 6.88. The molecule has 0 saturated heterocycles. The summed E-state index contributed by atoms with van der Waals surface area (Å²) in [5.74, 6) is 0.723. The molecular weight excluding hydrogens is 232 g/mol. The smallest absolute Gasteiger partial charge is 0.185 e. The Kier molecular flexibility index (Phi) is 3.52. The second-order valence-electron chi connectivity index (χ2n) is 2.54. The van der Waals surface area contributed by atoms with Crippen molar-refractivity contribution in [3.8, 4) is 0 Å². The van der Waals surface area contributed by atoms with Crippen LogP contribution in [0.5, 0.6) is 0 Å². The lowest BCUT2D eigenvalue weighted by Crippen LogP contribution is -2.14. The van der Waals surface area contributed by atoms with Crippen LogP contribution in [-0.2, 0) is 9.84 Å². The zero-order valence-corrected chi connectivity index (χ0v) is 9.34. The van der Waals surface area contributed by atoms with Crippen molar-refractivity contribution < 1.29 is 8.42 Å². The van der Waals surface area contributed by atoms with Gasteiger partial charge in [-0.25, -0.2) is 13.4 Å². The molecule has 0 bridgehead atoms. The van der Waals surface area contributed by atoms with Gasteiger partial charge in [-0.2, -0.15) is 0 Å². The molecule has 0 aromatic carbocycles. The number of hydrogen-bond donors (Lipinski definition) is 1. The average molecular weight is 241 g/mol. The summed E-state index contributed by atoms with van der Waals surface area (Å²) in [6.07, 6.45) is 1.20. The van der Waals surface area contributed by atoms with E-state index in [9.17, 15) is 8.42 Å². The molecule has 0 aliphatic rings. The summed E-state index contributed by atoms with van der Waals surface area (Å²) in [4.78, 5) is 3.91. The zero-order valence-electron chi connectivity index (χ0n) is 6.95. The number of nitrogens with one attached hydrogen (secondary N) is 1. The molecule has 7 heteroatoms. The Morgan fingerprint density at radius 2 is 2.38 bits per heavy atom. The van der Waals surface area contributed by atoms with E-state index in [0.717, 1.165) is 0 Å². The number of thiazole rings is 1. The quantitative estimate of drug-likeness (QED) is 0.861. The lowest BCUT2D eigenvalue weighted by Gasteiger charge is -1.99. The lowest BCUT2D eigenvalue weighted by molar-refractivity contribution is 0.602. The van der Waals surface area contributed by atoms with Gasteiger partial charge in [-0.3, -0.25) is 0 Å². The Balaban J connectivity index is 2.36. The first kappa shape index (κ1) is 10.7. The number of aromatic nitrogens is 1. The van der Waals surface area contributed by atoms with Crippen molar-refractivity contribution in [1.29, 1.82) is 0 Å². The van der Waals surface area contributed by atoms with Gasteiger partial charge >= 0.3 is 0 Å². The first-order valence-corrected chi connectivity index (χ1v) is 6.82. The van der Waals surface area contributed by atoms with Crippen LogP contribution in [0.3, 0.4) is 0 Å².